The number of likely N-dealkylation sites (tertiary alicyclic amines) is 1. The predicted octanol–water partition coefficient (Wildman–Crippen LogP) is 3.82. The summed E-state index contributed by atoms with van der Waals surface area (Å²) in [6, 6.07) is 8.08. The number of rotatable bonds is 2. The summed E-state index contributed by atoms with van der Waals surface area (Å²) in [7, 11) is 0. The lowest BCUT2D eigenvalue weighted by molar-refractivity contribution is 0.219. The first kappa shape index (κ1) is 16.2. The van der Waals surface area contributed by atoms with Gasteiger partial charge in [-0.3, -0.25) is 9.69 Å². The molecule has 0 atom stereocenters. The van der Waals surface area contributed by atoms with Crippen LogP contribution in [-0.4, -0.2) is 33.2 Å². The molecule has 1 aliphatic heterocycles. The zero-order valence-corrected chi connectivity index (χ0v) is 14.8. The molecule has 138 valence electrons. The van der Waals surface area contributed by atoms with Crippen LogP contribution in [0.4, 0.5) is 0 Å². The highest BCUT2D eigenvalue weighted by molar-refractivity contribution is 6.15. The van der Waals surface area contributed by atoms with Gasteiger partial charge in [0, 0.05) is 22.9 Å². The molecule has 1 fully saturated rings. The van der Waals surface area contributed by atoms with E-state index in [4.69, 9.17) is 4.42 Å². The SMILES string of the molecule is O=c1[nH]c2ccc(O)cc2c2oc3ccc(O)c(CN4CCCCC4)c3c12. The molecule has 0 saturated carbocycles. The molecule has 2 aromatic heterocycles. The smallest absolute Gasteiger partial charge is 0.260 e. The molecule has 1 aliphatic rings. The standard InChI is InChI=1S/C21H20N2O4/c24-12-4-5-15-13(10-12)20-19(21(26)22-15)18-14(11-23-8-2-1-3-9-23)16(25)6-7-17(18)27-20/h4-7,10,24-25H,1-3,8-9,11H2,(H,22,26). The number of fused-ring (bicyclic) bond motifs is 5. The van der Waals surface area contributed by atoms with Crippen LogP contribution >= 0.6 is 0 Å². The van der Waals surface area contributed by atoms with Gasteiger partial charge in [-0.1, -0.05) is 6.42 Å². The van der Waals surface area contributed by atoms with Gasteiger partial charge in [0.2, 0.25) is 0 Å². The van der Waals surface area contributed by atoms with Crippen molar-refractivity contribution >= 4 is 32.8 Å². The lowest BCUT2D eigenvalue weighted by Crippen LogP contribution is -2.29. The lowest BCUT2D eigenvalue weighted by Gasteiger charge is -2.26. The van der Waals surface area contributed by atoms with Crippen molar-refractivity contribution in [3.8, 4) is 11.5 Å². The molecule has 2 aromatic carbocycles. The van der Waals surface area contributed by atoms with Crippen molar-refractivity contribution in [1.29, 1.82) is 0 Å². The van der Waals surface area contributed by atoms with Crippen LogP contribution in [0.25, 0.3) is 32.8 Å². The fourth-order valence-electron chi connectivity index (χ4n) is 4.17. The Morgan fingerprint density at radius 2 is 1.85 bits per heavy atom. The number of hydrogen-bond acceptors (Lipinski definition) is 5. The fourth-order valence-corrected chi connectivity index (χ4v) is 4.17. The third kappa shape index (κ3) is 2.56. The molecule has 0 radical (unpaired) electrons. The van der Waals surface area contributed by atoms with Gasteiger partial charge < -0.3 is 19.6 Å². The molecule has 0 unspecified atom stereocenters. The summed E-state index contributed by atoms with van der Waals surface area (Å²) in [6.07, 6.45) is 3.53. The van der Waals surface area contributed by atoms with Crippen molar-refractivity contribution in [2.45, 2.75) is 25.8 Å². The van der Waals surface area contributed by atoms with E-state index in [2.05, 4.69) is 9.88 Å². The Hall–Kier alpha value is -2.99. The fraction of sp³-hybridized carbons (Fsp3) is 0.286. The molecular formula is C21H20N2O4. The molecule has 0 amide bonds. The number of nitrogens with zero attached hydrogens (tertiary/aromatic N) is 1. The van der Waals surface area contributed by atoms with Crippen LogP contribution in [0.3, 0.4) is 0 Å². The molecule has 6 nitrogen and oxygen atoms in total. The van der Waals surface area contributed by atoms with E-state index in [9.17, 15) is 15.0 Å². The number of phenols is 2. The van der Waals surface area contributed by atoms with E-state index in [1.807, 2.05) is 0 Å². The Kier molecular flexibility index (Phi) is 3.62. The summed E-state index contributed by atoms with van der Waals surface area (Å²) in [5, 5.41) is 22.1. The second kappa shape index (κ2) is 6.03. The van der Waals surface area contributed by atoms with E-state index in [0.29, 0.717) is 39.4 Å². The summed E-state index contributed by atoms with van der Waals surface area (Å²) < 4.78 is 6.03. The molecular weight excluding hydrogens is 344 g/mol. The number of piperidine rings is 1. The maximum Gasteiger partial charge on any atom is 0.260 e. The Morgan fingerprint density at radius 3 is 2.67 bits per heavy atom. The van der Waals surface area contributed by atoms with Gasteiger partial charge in [0.1, 0.15) is 22.7 Å². The van der Waals surface area contributed by atoms with Gasteiger partial charge in [0.15, 0.2) is 0 Å². The molecule has 0 bridgehead atoms. The van der Waals surface area contributed by atoms with Gasteiger partial charge >= 0.3 is 0 Å². The topological polar surface area (TPSA) is 89.7 Å². The molecule has 27 heavy (non-hydrogen) atoms. The van der Waals surface area contributed by atoms with E-state index in [-0.39, 0.29) is 17.1 Å². The number of aromatic nitrogens is 1. The third-order valence-corrected chi connectivity index (χ3v) is 5.49. The van der Waals surface area contributed by atoms with Crippen LogP contribution in [0, 0.1) is 0 Å². The van der Waals surface area contributed by atoms with Crippen LogP contribution < -0.4 is 5.56 Å². The number of furan rings is 1. The number of aromatic amines is 1. The normalized spacial score (nSPS) is 15.9. The highest BCUT2D eigenvalue weighted by Crippen LogP contribution is 2.37. The minimum Gasteiger partial charge on any atom is -0.508 e. The Bertz CT molecular complexity index is 1230. The quantitative estimate of drug-likeness (QED) is 0.503. The number of hydrogen-bond donors (Lipinski definition) is 3. The summed E-state index contributed by atoms with van der Waals surface area (Å²) in [6.45, 7) is 2.55. The zero-order valence-electron chi connectivity index (χ0n) is 14.8. The van der Waals surface area contributed by atoms with E-state index < -0.39 is 0 Å². The number of nitrogens with one attached hydrogen (secondary N) is 1. The van der Waals surface area contributed by atoms with Crippen LogP contribution in [-0.2, 0) is 6.54 Å². The number of aromatic hydroxyl groups is 2. The molecule has 6 heteroatoms. The number of pyridine rings is 1. The largest absolute Gasteiger partial charge is 0.508 e. The number of H-pyrrole nitrogens is 1. The highest BCUT2D eigenvalue weighted by atomic mass is 16.3. The van der Waals surface area contributed by atoms with Gasteiger partial charge in [0.25, 0.3) is 5.56 Å². The van der Waals surface area contributed by atoms with Crippen molar-refractivity contribution in [3.63, 3.8) is 0 Å². The second-order valence-corrected chi connectivity index (χ2v) is 7.26. The molecule has 5 rings (SSSR count). The second-order valence-electron chi connectivity index (χ2n) is 7.26. The van der Waals surface area contributed by atoms with E-state index >= 15 is 0 Å². The van der Waals surface area contributed by atoms with Crippen molar-refractivity contribution in [1.82, 2.24) is 9.88 Å². The van der Waals surface area contributed by atoms with Crippen LogP contribution in [0.1, 0.15) is 24.8 Å². The van der Waals surface area contributed by atoms with Crippen molar-refractivity contribution in [2.24, 2.45) is 0 Å². The third-order valence-electron chi connectivity index (χ3n) is 5.49. The highest BCUT2D eigenvalue weighted by Gasteiger charge is 2.21. The predicted molar refractivity (Wildman–Crippen MR) is 104 cm³/mol. The van der Waals surface area contributed by atoms with Crippen molar-refractivity contribution < 1.29 is 14.6 Å². The van der Waals surface area contributed by atoms with Gasteiger partial charge in [0.05, 0.1) is 10.9 Å². The summed E-state index contributed by atoms with van der Waals surface area (Å²) >= 11 is 0. The molecule has 4 aromatic rings. The Morgan fingerprint density at radius 1 is 1.04 bits per heavy atom. The minimum atomic E-state index is -0.257. The maximum absolute atomic E-state index is 12.8. The van der Waals surface area contributed by atoms with Gasteiger partial charge in [-0.2, -0.15) is 0 Å². The van der Waals surface area contributed by atoms with E-state index in [1.165, 1.54) is 12.5 Å². The van der Waals surface area contributed by atoms with Crippen LogP contribution in [0.2, 0.25) is 0 Å². The van der Waals surface area contributed by atoms with Gasteiger partial charge in [-0.25, -0.2) is 0 Å². The Labute approximate surface area is 154 Å². The summed E-state index contributed by atoms with van der Waals surface area (Å²) in [4.78, 5) is 18.0. The first-order chi connectivity index (χ1) is 13.1. The average Bonchev–Trinajstić information content (AvgIpc) is 3.06. The molecule has 3 heterocycles. The van der Waals surface area contributed by atoms with Gasteiger partial charge in [-0.05, 0) is 56.3 Å². The van der Waals surface area contributed by atoms with Crippen LogP contribution in [0.15, 0.2) is 39.5 Å². The molecule has 3 N–H and O–H groups in total. The zero-order chi connectivity index (χ0) is 18.5. The summed E-state index contributed by atoms with van der Waals surface area (Å²) in [5.41, 5.74) is 2.07. The minimum absolute atomic E-state index is 0.104. The van der Waals surface area contributed by atoms with Gasteiger partial charge in [-0.15, -0.1) is 0 Å². The first-order valence-electron chi connectivity index (χ1n) is 9.26. The van der Waals surface area contributed by atoms with Crippen molar-refractivity contribution in [2.75, 3.05) is 13.1 Å². The van der Waals surface area contributed by atoms with E-state index in [1.54, 1.807) is 24.3 Å². The number of benzene rings is 2. The monoisotopic (exact) mass is 364 g/mol. The molecule has 0 aliphatic carbocycles. The maximum atomic E-state index is 12.8. The first-order valence-corrected chi connectivity index (χ1v) is 9.26. The van der Waals surface area contributed by atoms with Crippen molar-refractivity contribution in [3.05, 3.63) is 46.2 Å². The average molecular weight is 364 g/mol. The molecule has 0 spiro atoms. The summed E-state index contributed by atoms with van der Waals surface area (Å²) in [5.74, 6) is 0.277. The number of phenolic OH excluding ortho intramolecular Hbond substituents is 2. The lowest BCUT2D eigenvalue weighted by atomic mass is 10.0. The molecule has 1 saturated heterocycles. The Balaban J connectivity index is 1.82. The van der Waals surface area contributed by atoms with E-state index in [0.717, 1.165) is 31.5 Å². The van der Waals surface area contributed by atoms with Crippen LogP contribution in [0.5, 0.6) is 11.5 Å².